The lowest BCUT2D eigenvalue weighted by molar-refractivity contribution is -0.133. The SMILES string of the molecule is CCN(C(=O)[C@@H](N)c1ccccc1)C1CC1. The van der Waals surface area contributed by atoms with Crippen molar-refractivity contribution in [2.24, 2.45) is 5.73 Å². The minimum absolute atomic E-state index is 0.0520. The Morgan fingerprint density at radius 3 is 2.56 bits per heavy atom. The molecule has 2 rings (SSSR count). The number of carbonyl (C=O) groups excluding carboxylic acids is 1. The van der Waals surface area contributed by atoms with Crippen LogP contribution in [0.1, 0.15) is 31.4 Å². The molecule has 0 aliphatic heterocycles. The number of benzene rings is 1. The molecule has 0 radical (unpaired) electrons. The summed E-state index contributed by atoms with van der Waals surface area (Å²) in [6.45, 7) is 2.76. The normalized spacial score (nSPS) is 16.9. The molecular weight excluding hydrogens is 200 g/mol. The van der Waals surface area contributed by atoms with Crippen LogP contribution in [0.15, 0.2) is 30.3 Å². The van der Waals surface area contributed by atoms with Gasteiger partial charge in [-0.25, -0.2) is 0 Å². The molecule has 1 aliphatic carbocycles. The van der Waals surface area contributed by atoms with E-state index < -0.39 is 6.04 Å². The average Bonchev–Trinajstić information content (AvgIpc) is 3.14. The van der Waals surface area contributed by atoms with Gasteiger partial charge in [-0.2, -0.15) is 0 Å². The number of hydrogen-bond donors (Lipinski definition) is 1. The molecule has 3 nitrogen and oxygen atoms in total. The predicted octanol–water partition coefficient (Wildman–Crippen LogP) is 1.70. The number of amides is 1. The fraction of sp³-hybridized carbons (Fsp3) is 0.462. The lowest BCUT2D eigenvalue weighted by atomic mass is 10.1. The predicted molar refractivity (Wildman–Crippen MR) is 63.8 cm³/mol. The Morgan fingerprint density at radius 1 is 1.44 bits per heavy atom. The van der Waals surface area contributed by atoms with Crippen LogP contribution in [0, 0.1) is 0 Å². The summed E-state index contributed by atoms with van der Waals surface area (Å²) in [4.78, 5) is 14.1. The summed E-state index contributed by atoms with van der Waals surface area (Å²) in [7, 11) is 0. The molecule has 1 aromatic rings. The molecular formula is C13H18N2O. The third-order valence-electron chi connectivity index (χ3n) is 3.04. The summed E-state index contributed by atoms with van der Waals surface area (Å²) in [5.41, 5.74) is 6.88. The first-order valence-corrected chi connectivity index (χ1v) is 5.85. The highest BCUT2D eigenvalue weighted by Gasteiger charge is 2.33. The highest BCUT2D eigenvalue weighted by atomic mass is 16.2. The van der Waals surface area contributed by atoms with E-state index in [9.17, 15) is 4.79 Å². The largest absolute Gasteiger partial charge is 0.338 e. The second kappa shape index (κ2) is 4.66. The van der Waals surface area contributed by atoms with Crippen LogP contribution in [0.2, 0.25) is 0 Å². The Kier molecular flexibility index (Phi) is 3.25. The van der Waals surface area contributed by atoms with Gasteiger partial charge < -0.3 is 10.6 Å². The summed E-state index contributed by atoms with van der Waals surface area (Å²) in [6.07, 6.45) is 2.25. The van der Waals surface area contributed by atoms with Gasteiger partial charge in [-0.1, -0.05) is 30.3 Å². The van der Waals surface area contributed by atoms with E-state index in [1.54, 1.807) is 0 Å². The summed E-state index contributed by atoms with van der Waals surface area (Å²) < 4.78 is 0. The molecule has 3 heteroatoms. The first kappa shape index (κ1) is 11.1. The molecule has 1 fully saturated rings. The lowest BCUT2D eigenvalue weighted by Gasteiger charge is -2.24. The fourth-order valence-electron chi connectivity index (χ4n) is 1.96. The number of rotatable bonds is 4. The molecule has 1 amide bonds. The maximum atomic E-state index is 12.2. The topological polar surface area (TPSA) is 46.3 Å². The van der Waals surface area contributed by atoms with Crippen molar-refractivity contribution >= 4 is 5.91 Å². The van der Waals surface area contributed by atoms with E-state index in [2.05, 4.69) is 0 Å². The first-order chi connectivity index (χ1) is 7.74. The van der Waals surface area contributed by atoms with Crippen molar-refractivity contribution in [3.63, 3.8) is 0 Å². The van der Waals surface area contributed by atoms with Gasteiger partial charge >= 0.3 is 0 Å². The molecule has 0 unspecified atom stereocenters. The zero-order valence-corrected chi connectivity index (χ0v) is 9.60. The Morgan fingerprint density at radius 2 is 2.06 bits per heavy atom. The molecule has 0 bridgehead atoms. The second-order valence-electron chi connectivity index (χ2n) is 4.24. The molecule has 0 saturated heterocycles. The summed E-state index contributed by atoms with van der Waals surface area (Å²) in [6, 6.07) is 9.49. The number of carbonyl (C=O) groups is 1. The Balaban J connectivity index is 2.09. The molecule has 1 saturated carbocycles. The molecule has 1 atom stereocenters. The third kappa shape index (κ3) is 2.25. The van der Waals surface area contributed by atoms with Gasteiger partial charge in [-0.05, 0) is 25.3 Å². The first-order valence-electron chi connectivity index (χ1n) is 5.85. The average molecular weight is 218 g/mol. The maximum Gasteiger partial charge on any atom is 0.244 e. The lowest BCUT2D eigenvalue weighted by Crippen LogP contribution is -2.39. The van der Waals surface area contributed by atoms with Gasteiger partial charge in [0.2, 0.25) is 5.91 Å². The van der Waals surface area contributed by atoms with Gasteiger partial charge in [0.15, 0.2) is 0 Å². The fourth-order valence-corrected chi connectivity index (χ4v) is 1.96. The van der Waals surface area contributed by atoms with Gasteiger partial charge in [-0.3, -0.25) is 4.79 Å². The Bertz CT molecular complexity index is 359. The van der Waals surface area contributed by atoms with E-state index in [1.165, 1.54) is 0 Å². The van der Waals surface area contributed by atoms with Crippen LogP contribution in [-0.4, -0.2) is 23.4 Å². The van der Waals surface area contributed by atoms with E-state index in [-0.39, 0.29) is 5.91 Å². The number of nitrogens with two attached hydrogens (primary N) is 1. The molecule has 2 N–H and O–H groups in total. The van der Waals surface area contributed by atoms with Crippen LogP contribution in [0.4, 0.5) is 0 Å². The molecule has 0 spiro atoms. The van der Waals surface area contributed by atoms with E-state index in [4.69, 9.17) is 5.73 Å². The highest BCUT2D eigenvalue weighted by molar-refractivity contribution is 5.83. The molecule has 1 aromatic carbocycles. The van der Waals surface area contributed by atoms with Crippen molar-refractivity contribution in [1.29, 1.82) is 0 Å². The molecule has 1 aliphatic rings. The molecule has 0 heterocycles. The van der Waals surface area contributed by atoms with Crippen molar-refractivity contribution < 1.29 is 4.79 Å². The van der Waals surface area contributed by atoms with Crippen molar-refractivity contribution in [3.05, 3.63) is 35.9 Å². The Labute approximate surface area is 96.2 Å². The van der Waals surface area contributed by atoms with Gasteiger partial charge in [-0.15, -0.1) is 0 Å². The summed E-state index contributed by atoms with van der Waals surface area (Å²) in [5, 5.41) is 0. The third-order valence-corrected chi connectivity index (χ3v) is 3.04. The molecule has 0 aromatic heterocycles. The van der Waals surface area contributed by atoms with Crippen LogP contribution in [0.3, 0.4) is 0 Å². The number of nitrogens with zero attached hydrogens (tertiary/aromatic N) is 1. The second-order valence-corrected chi connectivity index (χ2v) is 4.24. The molecule has 86 valence electrons. The van der Waals surface area contributed by atoms with E-state index >= 15 is 0 Å². The number of hydrogen-bond acceptors (Lipinski definition) is 2. The van der Waals surface area contributed by atoms with Crippen LogP contribution in [0.5, 0.6) is 0 Å². The smallest absolute Gasteiger partial charge is 0.244 e. The zero-order chi connectivity index (χ0) is 11.5. The zero-order valence-electron chi connectivity index (χ0n) is 9.60. The van der Waals surface area contributed by atoms with Crippen molar-refractivity contribution in [2.75, 3.05) is 6.54 Å². The van der Waals surface area contributed by atoms with Crippen molar-refractivity contribution in [3.8, 4) is 0 Å². The molecule has 16 heavy (non-hydrogen) atoms. The van der Waals surface area contributed by atoms with E-state index in [0.717, 1.165) is 24.9 Å². The van der Waals surface area contributed by atoms with Crippen LogP contribution < -0.4 is 5.73 Å². The monoisotopic (exact) mass is 218 g/mol. The quantitative estimate of drug-likeness (QED) is 0.836. The van der Waals surface area contributed by atoms with Gasteiger partial charge in [0, 0.05) is 12.6 Å². The minimum Gasteiger partial charge on any atom is -0.338 e. The standard InChI is InChI=1S/C13H18N2O/c1-2-15(11-8-9-11)13(16)12(14)10-6-4-3-5-7-10/h3-7,11-12H,2,8-9,14H2,1H3/t12-/m0/s1. The van der Waals surface area contributed by atoms with E-state index in [0.29, 0.717) is 6.04 Å². The van der Waals surface area contributed by atoms with Gasteiger partial charge in [0.1, 0.15) is 6.04 Å². The van der Waals surface area contributed by atoms with Crippen LogP contribution >= 0.6 is 0 Å². The van der Waals surface area contributed by atoms with Crippen molar-refractivity contribution in [2.45, 2.75) is 31.8 Å². The summed E-state index contributed by atoms with van der Waals surface area (Å²) >= 11 is 0. The summed E-state index contributed by atoms with van der Waals surface area (Å²) in [5.74, 6) is 0.0520. The Hall–Kier alpha value is -1.35. The maximum absolute atomic E-state index is 12.2. The van der Waals surface area contributed by atoms with Crippen molar-refractivity contribution in [1.82, 2.24) is 4.90 Å². The van der Waals surface area contributed by atoms with Gasteiger partial charge in [0.25, 0.3) is 0 Å². The number of likely N-dealkylation sites (N-methyl/N-ethyl adjacent to an activating group) is 1. The van der Waals surface area contributed by atoms with E-state index in [1.807, 2.05) is 42.2 Å². The minimum atomic E-state index is -0.512. The van der Waals surface area contributed by atoms with Crippen LogP contribution in [-0.2, 0) is 4.79 Å². The highest BCUT2D eigenvalue weighted by Crippen LogP contribution is 2.28. The van der Waals surface area contributed by atoms with Crippen LogP contribution in [0.25, 0.3) is 0 Å². The van der Waals surface area contributed by atoms with Gasteiger partial charge in [0.05, 0.1) is 0 Å².